The Balaban J connectivity index is 1.63. The van der Waals surface area contributed by atoms with E-state index in [1.165, 1.54) is 11.8 Å². The van der Waals surface area contributed by atoms with Crippen LogP contribution in [0.4, 0.5) is 5.69 Å². The van der Waals surface area contributed by atoms with Crippen LogP contribution in [0, 0.1) is 11.3 Å². The van der Waals surface area contributed by atoms with E-state index in [1.54, 1.807) is 6.20 Å². The molecule has 2 aromatic rings. The summed E-state index contributed by atoms with van der Waals surface area (Å²) in [6.45, 7) is 2.86. The highest BCUT2D eigenvalue weighted by atomic mass is 35.5. The molecule has 2 fully saturated rings. The maximum atomic E-state index is 12.5. The minimum Gasteiger partial charge on any atom is -0.481 e. The number of pyridine rings is 1. The van der Waals surface area contributed by atoms with Crippen LogP contribution < -0.4 is 4.90 Å². The van der Waals surface area contributed by atoms with Gasteiger partial charge in [0.15, 0.2) is 0 Å². The molecule has 8 heteroatoms. The molecule has 1 amide bonds. The SMILES string of the molecule is CSCC(=O)N1CC2CN(c3ccnc4ccc(Cl)cc34)CC2(CCC(=O)O)C1. The molecule has 2 aliphatic heterocycles. The Morgan fingerprint density at radius 1 is 1.31 bits per heavy atom. The first kappa shape index (κ1) is 20.3. The Bertz CT molecular complexity index is 956. The third kappa shape index (κ3) is 3.90. The topological polar surface area (TPSA) is 73.7 Å². The molecule has 6 nitrogen and oxygen atoms in total. The van der Waals surface area contributed by atoms with Gasteiger partial charge in [-0.05, 0) is 36.9 Å². The predicted octanol–water partition coefficient (Wildman–Crippen LogP) is 3.38. The molecule has 0 bridgehead atoms. The van der Waals surface area contributed by atoms with E-state index < -0.39 is 5.97 Å². The monoisotopic (exact) mass is 433 g/mol. The first-order valence-corrected chi connectivity index (χ1v) is 11.5. The molecule has 0 radical (unpaired) electrons. The summed E-state index contributed by atoms with van der Waals surface area (Å²) < 4.78 is 0. The van der Waals surface area contributed by atoms with Crippen molar-refractivity contribution in [1.82, 2.24) is 9.88 Å². The van der Waals surface area contributed by atoms with Crippen molar-refractivity contribution in [3.8, 4) is 0 Å². The average molecular weight is 434 g/mol. The minimum atomic E-state index is -0.786. The summed E-state index contributed by atoms with van der Waals surface area (Å²) in [6.07, 6.45) is 4.43. The lowest BCUT2D eigenvalue weighted by Gasteiger charge is -2.30. The molecular formula is C21H24ClN3O3S. The number of rotatable bonds is 6. The molecule has 0 saturated carbocycles. The summed E-state index contributed by atoms with van der Waals surface area (Å²) in [5.41, 5.74) is 1.77. The van der Waals surface area contributed by atoms with Gasteiger partial charge in [0, 0.05) is 66.2 Å². The van der Waals surface area contributed by atoms with Crippen molar-refractivity contribution in [3.05, 3.63) is 35.5 Å². The number of aromatic nitrogens is 1. The Morgan fingerprint density at radius 3 is 2.90 bits per heavy atom. The number of nitrogens with zero attached hydrogens (tertiary/aromatic N) is 3. The number of halogens is 1. The van der Waals surface area contributed by atoms with E-state index in [0.717, 1.165) is 29.7 Å². The Hall–Kier alpha value is -1.99. The molecule has 0 aliphatic carbocycles. The summed E-state index contributed by atoms with van der Waals surface area (Å²) in [7, 11) is 0. The van der Waals surface area contributed by atoms with Gasteiger partial charge in [0.05, 0.1) is 11.3 Å². The molecule has 2 aliphatic rings. The number of carbonyl (C=O) groups excluding carboxylic acids is 1. The van der Waals surface area contributed by atoms with Gasteiger partial charge in [-0.25, -0.2) is 0 Å². The maximum Gasteiger partial charge on any atom is 0.303 e. The number of carboxylic acids is 1. The second-order valence-electron chi connectivity index (χ2n) is 8.03. The van der Waals surface area contributed by atoms with Crippen molar-refractivity contribution >= 4 is 51.8 Å². The van der Waals surface area contributed by atoms with E-state index >= 15 is 0 Å². The van der Waals surface area contributed by atoms with E-state index in [9.17, 15) is 14.7 Å². The van der Waals surface area contributed by atoms with E-state index in [-0.39, 0.29) is 23.7 Å². The van der Waals surface area contributed by atoms with Gasteiger partial charge in [-0.2, -0.15) is 11.8 Å². The number of aliphatic carboxylic acids is 1. The first-order chi connectivity index (χ1) is 13.9. The van der Waals surface area contributed by atoms with Gasteiger partial charge in [0.1, 0.15) is 0 Å². The van der Waals surface area contributed by atoms with Crippen LogP contribution in [0.1, 0.15) is 12.8 Å². The normalized spacial score (nSPS) is 23.6. The van der Waals surface area contributed by atoms with Crippen molar-refractivity contribution in [2.75, 3.05) is 43.1 Å². The van der Waals surface area contributed by atoms with Crippen LogP contribution in [0.5, 0.6) is 0 Å². The molecular weight excluding hydrogens is 410 g/mol. The molecule has 2 unspecified atom stereocenters. The fraction of sp³-hybridized carbons (Fsp3) is 0.476. The van der Waals surface area contributed by atoms with E-state index in [4.69, 9.17) is 11.6 Å². The lowest BCUT2D eigenvalue weighted by Crippen LogP contribution is -2.38. The van der Waals surface area contributed by atoms with Crippen LogP contribution in [0.3, 0.4) is 0 Å². The summed E-state index contributed by atoms with van der Waals surface area (Å²) in [5, 5.41) is 11.0. The zero-order valence-electron chi connectivity index (χ0n) is 16.3. The molecule has 1 N–H and O–H groups in total. The Labute approximate surface area is 179 Å². The average Bonchev–Trinajstić information content (AvgIpc) is 3.20. The second-order valence-corrected chi connectivity index (χ2v) is 9.33. The number of thioether (sulfide) groups is 1. The van der Waals surface area contributed by atoms with Gasteiger partial charge in [0.25, 0.3) is 0 Å². The number of likely N-dealkylation sites (tertiary alicyclic amines) is 1. The van der Waals surface area contributed by atoms with Gasteiger partial charge in [-0.15, -0.1) is 0 Å². The van der Waals surface area contributed by atoms with Gasteiger partial charge >= 0.3 is 5.97 Å². The van der Waals surface area contributed by atoms with Crippen LogP contribution in [0.2, 0.25) is 5.02 Å². The summed E-state index contributed by atoms with van der Waals surface area (Å²) in [5.74, 6) is 0.0924. The van der Waals surface area contributed by atoms with Gasteiger partial charge < -0.3 is 14.9 Å². The zero-order valence-corrected chi connectivity index (χ0v) is 17.9. The van der Waals surface area contributed by atoms with Gasteiger partial charge in [-0.1, -0.05) is 11.6 Å². The molecule has 2 saturated heterocycles. The van der Waals surface area contributed by atoms with Crippen molar-refractivity contribution in [3.63, 3.8) is 0 Å². The highest BCUT2D eigenvalue weighted by Crippen LogP contribution is 2.48. The largest absolute Gasteiger partial charge is 0.481 e. The fourth-order valence-corrected chi connectivity index (χ4v) is 5.46. The second kappa shape index (κ2) is 8.03. The van der Waals surface area contributed by atoms with E-state index in [2.05, 4.69) is 9.88 Å². The summed E-state index contributed by atoms with van der Waals surface area (Å²) in [6, 6.07) is 7.69. The highest BCUT2D eigenvalue weighted by Gasteiger charge is 2.53. The molecule has 29 heavy (non-hydrogen) atoms. The number of benzene rings is 1. The van der Waals surface area contributed by atoms with Crippen molar-refractivity contribution in [1.29, 1.82) is 0 Å². The van der Waals surface area contributed by atoms with E-state index in [0.29, 0.717) is 30.3 Å². The Morgan fingerprint density at radius 2 is 2.14 bits per heavy atom. The van der Waals surface area contributed by atoms with Crippen LogP contribution in [-0.2, 0) is 9.59 Å². The number of anilines is 1. The number of hydrogen-bond donors (Lipinski definition) is 1. The number of carboxylic acid groups (broad SMARTS) is 1. The number of fused-ring (bicyclic) bond motifs is 2. The van der Waals surface area contributed by atoms with Crippen molar-refractivity contribution < 1.29 is 14.7 Å². The predicted molar refractivity (Wildman–Crippen MR) is 117 cm³/mol. The molecule has 2 atom stereocenters. The fourth-order valence-electron chi connectivity index (χ4n) is 4.86. The molecule has 4 rings (SSSR count). The number of hydrogen-bond acceptors (Lipinski definition) is 5. The van der Waals surface area contributed by atoms with Crippen molar-refractivity contribution in [2.24, 2.45) is 11.3 Å². The van der Waals surface area contributed by atoms with Crippen LogP contribution in [-0.4, -0.2) is 65.1 Å². The lowest BCUT2D eigenvalue weighted by atomic mass is 9.77. The van der Waals surface area contributed by atoms with Gasteiger partial charge in [-0.3, -0.25) is 14.6 Å². The number of carbonyl (C=O) groups is 2. The maximum absolute atomic E-state index is 12.5. The standard InChI is InChI=1S/C21H24ClN3O3S/c1-29-11-19(26)25-10-14-9-24(12-21(14,13-25)6-4-20(27)28)18-5-7-23-17-3-2-15(22)8-16(17)18/h2-3,5,7-8,14H,4,6,9-13H2,1H3,(H,27,28). The van der Waals surface area contributed by atoms with Crippen LogP contribution in [0.25, 0.3) is 10.9 Å². The summed E-state index contributed by atoms with van der Waals surface area (Å²) >= 11 is 7.76. The third-order valence-corrected chi connectivity index (χ3v) is 7.01. The van der Waals surface area contributed by atoms with E-state index in [1.807, 2.05) is 35.4 Å². The third-order valence-electron chi connectivity index (χ3n) is 6.24. The number of amides is 1. The van der Waals surface area contributed by atoms with Crippen LogP contribution >= 0.6 is 23.4 Å². The molecule has 154 valence electrons. The molecule has 1 aromatic heterocycles. The smallest absolute Gasteiger partial charge is 0.303 e. The van der Waals surface area contributed by atoms with Crippen molar-refractivity contribution in [2.45, 2.75) is 12.8 Å². The lowest BCUT2D eigenvalue weighted by molar-refractivity contribution is -0.137. The highest BCUT2D eigenvalue weighted by molar-refractivity contribution is 7.99. The molecule has 1 aromatic carbocycles. The van der Waals surface area contributed by atoms with Crippen LogP contribution in [0.15, 0.2) is 30.5 Å². The molecule has 0 spiro atoms. The van der Waals surface area contributed by atoms with Gasteiger partial charge in [0.2, 0.25) is 5.91 Å². The Kier molecular flexibility index (Phi) is 5.62. The molecule has 3 heterocycles. The summed E-state index contributed by atoms with van der Waals surface area (Å²) in [4.78, 5) is 32.5. The zero-order chi connectivity index (χ0) is 20.6. The minimum absolute atomic E-state index is 0.123. The quantitative estimate of drug-likeness (QED) is 0.752. The first-order valence-electron chi connectivity index (χ1n) is 9.69.